The van der Waals surface area contributed by atoms with Crippen molar-refractivity contribution in [2.75, 3.05) is 0 Å². The van der Waals surface area contributed by atoms with E-state index >= 15 is 0 Å². The molecule has 4 nitrogen and oxygen atoms in total. The van der Waals surface area contributed by atoms with Crippen molar-refractivity contribution < 1.29 is 0 Å². The van der Waals surface area contributed by atoms with E-state index < -0.39 is 0 Å². The van der Waals surface area contributed by atoms with Gasteiger partial charge in [0.05, 0.1) is 39.1 Å². The van der Waals surface area contributed by atoms with Crippen LogP contribution in [0.15, 0.2) is 218 Å². The van der Waals surface area contributed by atoms with E-state index in [1.165, 1.54) is 54.6 Å². The SMILES string of the molecule is c1ccc(-c2nc3ccc(-c4cccc(-n5c6cc(-c7ccccc7)c7ccccc7c6c6c7ccccc7c(-c7ccccc7)cc65)n4)cc3nc2-c2ccccc2)cc1. The Morgan fingerprint density at radius 2 is 0.738 bits per heavy atom. The van der Waals surface area contributed by atoms with Gasteiger partial charge < -0.3 is 0 Å². The third kappa shape index (κ3) is 5.80. The third-order valence-electron chi connectivity index (χ3n) is 12.0. The van der Waals surface area contributed by atoms with Crippen LogP contribution in [0.25, 0.3) is 116 Å². The molecule has 0 aliphatic heterocycles. The van der Waals surface area contributed by atoms with Crippen molar-refractivity contribution >= 4 is 54.4 Å². The minimum atomic E-state index is 0.818. The van der Waals surface area contributed by atoms with Gasteiger partial charge in [-0.15, -0.1) is 0 Å². The van der Waals surface area contributed by atoms with Gasteiger partial charge >= 0.3 is 0 Å². The monoisotopic (exact) mass is 776 g/mol. The van der Waals surface area contributed by atoms with E-state index in [-0.39, 0.29) is 0 Å². The van der Waals surface area contributed by atoms with Gasteiger partial charge in [-0.05, 0) is 80.2 Å². The van der Waals surface area contributed by atoms with E-state index in [0.717, 1.165) is 61.7 Å². The summed E-state index contributed by atoms with van der Waals surface area (Å²) in [6.45, 7) is 0. The summed E-state index contributed by atoms with van der Waals surface area (Å²) in [5.41, 5.74) is 14.2. The highest BCUT2D eigenvalue weighted by Crippen LogP contribution is 2.46. The van der Waals surface area contributed by atoms with Gasteiger partial charge in [0.2, 0.25) is 0 Å². The van der Waals surface area contributed by atoms with Crippen molar-refractivity contribution in [2.45, 2.75) is 0 Å². The van der Waals surface area contributed by atoms with Gasteiger partial charge in [-0.3, -0.25) is 4.57 Å². The molecule has 0 radical (unpaired) electrons. The second-order valence-corrected chi connectivity index (χ2v) is 15.5. The lowest BCUT2D eigenvalue weighted by atomic mass is 9.92. The highest BCUT2D eigenvalue weighted by molar-refractivity contribution is 6.31. The molecule has 12 rings (SSSR count). The molecular weight excluding hydrogens is 741 g/mol. The summed E-state index contributed by atoms with van der Waals surface area (Å²) in [4.78, 5) is 16.0. The Kier molecular flexibility index (Phi) is 8.13. The predicted molar refractivity (Wildman–Crippen MR) is 254 cm³/mol. The van der Waals surface area contributed by atoms with E-state index in [4.69, 9.17) is 15.0 Å². The molecular formula is C57H36N4. The fourth-order valence-corrected chi connectivity index (χ4v) is 9.21. The third-order valence-corrected chi connectivity index (χ3v) is 12.0. The van der Waals surface area contributed by atoms with Crippen LogP contribution in [0, 0.1) is 0 Å². The summed E-state index contributed by atoms with van der Waals surface area (Å²) < 4.78 is 2.38. The summed E-state index contributed by atoms with van der Waals surface area (Å²) in [6.07, 6.45) is 0. The fraction of sp³-hybridized carbons (Fsp3) is 0. The smallest absolute Gasteiger partial charge is 0.138 e. The van der Waals surface area contributed by atoms with Crippen molar-refractivity contribution in [3.8, 4) is 61.8 Å². The van der Waals surface area contributed by atoms with Crippen LogP contribution in [0.5, 0.6) is 0 Å². The number of rotatable bonds is 6. The zero-order chi connectivity index (χ0) is 40.3. The van der Waals surface area contributed by atoms with Gasteiger partial charge in [0, 0.05) is 27.5 Å². The Labute approximate surface area is 352 Å². The molecule has 4 heteroatoms. The van der Waals surface area contributed by atoms with Gasteiger partial charge in [0.1, 0.15) is 5.82 Å². The summed E-state index contributed by atoms with van der Waals surface area (Å²) in [6, 6.07) is 77.2. The van der Waals surface area contributed by atoms with Crippen LogP contribution >= 0.6 is 0 Å². The lowest BCUT2D eigenvalue weighted by Crippen LogP contribution is -2.00. The second-order valence-electron chi connectivity index (χ2n) is 15.5. The van der Waals surface area contributed by atoms with Gasteiger partial charge in [-0.2, -0.15) is 0 Å². The highest BCUT2D eigenvalue weighted by Gasteiger charge is 2.23. The summed E-state index contributed by atoms with van der Waals surface area (Å²) in [7, 11) is 0. The molecule has 0 saturated carbocycles. The first kappa shape index (κ1) is 34.8. The molecule has 0 atom stereocenters. The maximum Gasteiger partial charge on any atom is 0.138 e. The molecule has 284 valence electrons. The van der Waals surface area contributed by atoms with E-state index in [9.17, 15) is 0 Å². The number of hydrogen-bond acceptors (Lipinski definition) is 3. The van der Waals surface area contributed by atoms with Gasteiger partial charge in [-0.25, -0.2) is 15.0 Å². The van der Waals surface area contributed by atoms with Crippen molar-refractivity contribution in [1.82, 2.24) is 19.5 Å². The average Bonchev–Trinajstić information content (AvgIpc) is 3.68. The molecule has 0 spiro atoms. The summed E-state index contributed by atoms with van der Waals surface area (Å²) in [5.74, 6) is 0.844. The molecule has 3 heterocycles. The van der Waals surface area contributed by atoms with Crippen molar-refractivity contribution in [1.29, 1.82) is 0 Å². The first-order valence-electron chi connectivity index (χ1n) is 20.7. The lowest BCUT2D eigenvalue weighted by molar-refractivity contribution is 1.08. The highest BCUT2D eigenvalue weighted by atomic mass is 15.1. The molecule has 0 aliphatic rings. The summed E-state index contributed by atoms with van der Waals surface area (Å²) >= 11 is 0. The zero-order valence-corrected chi connectivity index (χ0v) is 33.1. The van der Waals surface area contributed by atoms with Crippen LogP contribution in [0.1, 0.15) is 0 Å². The van der Waals surface area contributed by atoms with E-state index in [0.29, 0.717) is 0 Å². The quantitative estimate of drug-likeness (QED) is 0.169. The van der Waals surface area contributed by atoms with E-state index in [1.54, 1.807) is 0 Å². The van der Waals surface area contributed by atoms with Crippen LogP contribution < -0.4 is 0 Å². The van der Waals surface area contributed by atoms with Crippen LogP contribution in [-0.2, 0) is 0 Å². The fourth-order valence-electron chi connectivity index (χ4n) is 9.21. The Balaban J connectivity index is 1.13. The van der Waals surface area contributed by atoms with E-state index in [2.05, 4.69) is 187 Å². The molecule has 0 fully saturated rings. The molecule has 9 aromatic carbocycles. The Morgan fingerprint density at radius 1 is 0.295 bits per heavy atom. The molecule has 0 aliphatic carbocycles. The number of aromatic nitrogens is 4. The Morgan fingerprint density at radius 3 is 1.25 bits per heavy atom. The zero-order valence-electron chi connectivity index (χ0n) is 33.1. The van der Waals surface area contributed by atoms with Gasteiger partial charge in [0.25, 0.3) is 0 Å². The molecule has 0 amide bonds. The molecule has 0 unspecified atom stereocenters. The molecule has 0 N–H and O–H groups in total. The number of fused-ring (bicyclic) bond motifs is 8. The second kappa shape index (κ2) is 14.3. The minimum Gasteiger partial charge on any atom is -0.294 e. The normalized spacial score (nSPS) is 11.6. The van der Waals surface area contributed by atoms with Crippen LogP contribution in [0.4, 0.5) is 0 Å². The molecule has 3 aromatic heterocycles. The average molecular weight is 777 g/mol. The molecule has 0 bridgehead atoms. The van der Waals surface area contributed by atoms with Gasteiger partial charge in [0.15, 0.2) is 0 Å². The van der Waals surface area contributed by atoms with Gasteiger partial charge in [-0.1, -0.05) is 182 Å². The first-order chi connectivity index (χ1) is 30.3. The predicted octanol–water partition coefficient (Wildman–Crippen LogP) is 14.8. The number of pyridine rings is 1. The maximum atomic E-state index is 5.52. The number of nitrogens with zero attached hydrogens (tertiary/aromatic N) is 4. The molecule has 12 aromatic rings. The van der Waals surface area contributed by atoms with Crippen molar-refractivity contribution in [3.63, 3.8) is 0 Å². The topological polar surface area (TPSA) is 43.6 Å². The largest absolute Gasteiger partial charge is 0.294 e. The Bertz CT molecular complexity index is 3480. The van der Waals surface area contributed by atoms with Crippen molar-refractivity contribution in [3.05, 3.63) is 218 Å². The lowest BCUT2D eigenvalue weighted by Gasteiger charge is -2.14. The minimum absolute atomic E-state index is 0.818. The van der Waals surface area contributed by atoms with Crippen LogP contribution in [-0.4, -0.2) is 19.5 Å². The van der Waals surface area contributed by atoms with Crippen LogP contribution in [0.2, 0.25) is 0 Å². The standard InChI is InChI=1S/C57H36N4/c1-5-18-37(19-6-1)46-35-51-54(44-28-15-13-26-42(44)46)55-45-29-16-14-27-43(45)47(38-20-7-2-8-21-38)36-52(55)61(51)53-31-17-30-48(58-53)41-32-33-49-50(34-41)60-57(40-24-11-4-12-25-40)56(59-49)39-22-9-3-10-23-39/h1-36H. The first-order valence-corrected chi connectivity index (χ1v) is 20.7. The molecule has 0 saturated heterocycles. The van der Waals surface area contributed by atoms with E-state index in [1.807, 2.05) is 36.4 Å². The number of benzene rings is 9. The summed E-state index contributed by atoms with van der Waals surface area (Å²) in [5, 5.41) is 7.32. The number of hydrogen-bond donors (Lipinski definition) is 0. The van der Waals surface area contributed by atoms with Crippen LogP contribution in [0.3, 0.4) is 0 Å². The van der Waals surface area contributed by atoms with Crippen molar-refractivity contribution in [2.24, 2.45) is 0 Å². The molecule has 61 heavy (non-hydrogen) atoms. The Hall–Kier alpha value is -8.21. The maximum absolute atomic E-state index is 5.52.